The summed E-state index contributed by atoms with van der Waals surface area (Å²) in [5, 5.41) is 0. The van der Waals surface area contributed by atoms with Crippen molar-refractivity contribution in [2.24, 2.45) is 0 Å². The predicted octanol–water partition coefficient (Wildman–Crippen LogP) is 1.63. The van der Waals surface area contributed by atoms with E-state index in [2.05, 4.69) is 17.4 Å². The molecule has 0 bridgehead atoms. The van der Waals surface area contributed by atoms with Crippen molar-refractivity contribution in [3.63, 3.8) is 0 Å². The van der Waals surface area contributed by atoms with Gasteiger partial charge in [-0.1, -0.05) is 25.1 Å². The van der Waals surface area contributed by atoms with Crippen LogP contribution in [-0.4, -0.2) is 21.2 Å². The summed E-state index contributed by atoms with van der Waals surface area (Å²) in [5.74, 6) is 0.739. The van der Waals surface area contributed by atoms with Crippen LogP contribution in [0.25, 0.3) is 0 Å². The van der Waals surface area contributed by atoms with E-state index in [-0.39, 0.29) is 5.92 Å². The lowest BCUT2D eigenvalue weighted by Gasteiger charge is -2.13. The smallest absolute Gasteiger partial charge is 0.214 e. The third-order valence-electron chi connectivity index (χ3n) is 2.28. The van der Waals surface area contributed by atoms with Gasteiger partial charge in [-0.3, -0.25) is 0 Å². The molecule has 0 fully saturated rings. The average Bonchev–Trinajstić information content (AvgIpc) is 2.28. The van der Waals surface area contributed by atoms with Crippen molar-refractivity contribution in [2.45, 2.75) is 17.7 Å². The molecule has 1 atom stereocenters. The van der Waals surface area contributed by atoms with Crippen molar-refractivity contribution in [1.82, 2.24) is 4.72 Å². The minimum atomic E-state index is -3.37. The Balaban J connectivity index is 3.30. The van der Waals surface area contributed by atoms with Crippen molar-refractivity contribution in [1.29, 1.82) is 0 Å². The molecule has 1 rings (SSSR count). The van der Waals surface area contributed by atoms with Gasteiger partial charge in [0.05, 0.1) is 4.90 Å². The van der Waals surface area contributed by atoms with Gasteiger partial charge in [-0.25, -0.2) is 13.1 Å². The highest BCUT2D eigenvalue weighted by molar-refractivity contribution is 7.89. The molecule has 0 aliphatic carbocycles. The number of hydrogen-bond acceptors (Lipinski definition) is 3. The number of thiol groups is 1. The van der Waals surface area contributed by atoms with Crippen molar-refractivity contribution in [3.8, 4) is 0 Å². The third-order valence-corrected chi connectivity index (χ3v) is 4.32. The highest BCUT2D eigenvalue weighted by Gasteiger charge is 2.18. The van der Waals surface area contributed by atoms with Gasteiger partial charge in [-0.15, -0.1) is 0 Å². The standard InChI is InChI=1S/C10H15NO2S2/c1-8(7-14)9-5-3-4-6-10(9)15(12,13)11-2/h3-6,8,11,14H,7H2,1-2H3/t8-/m0/s1. The molecule has 0 saturated heterocycles. The second kappa shape index (κ2) is 5.01. The van der Waals surface area contributed by atoms with Crippen LogP contribution in [0.1, 0.15) is 18.4 Å². The summed E-state index contributed by atoms with van der Waals surface area (Å²) in [6, 6.07) is 7.00. The number of rotatable bonds is 4. The normalized spacial score (nSPS) is 13.8. The Morgan fingerprint density at radius 2 is 2.00 bits per heavy atom. The van der Waals surface area contributed by atoms with Crippen molar-refractivity contribution in [3.05, 3.63) is 29.8 Å². The molecule has 0 saturated carbocycles. The molecule has 0 unspecified atom stereocenters. The molecule has 1 aromatic rings. The molecular weight excluding hydrogens is 230 g/mol. The summed E-state index contributed by atoms with van der Waals surface area (Å²) in [6.07, 6.45) is 0. The Hall–Kier alpha value is -0.520. The van der Waals surface area contributed by atoms with Crippen LogP contribution in [0, 0.1) is 0 Å². The second-order valence-corrected chi connectivity index (χ2v) is 5.55. The maximum absolute atomic E-state index is 11.7. The van der Waals surface area contributed by atoms with E-state index in [0.29, 0.717) is 10.6 Å². The fourth-order valence-corrected chi connectivity index (χ4v) is 2.59. The van der Waals surface area contributed by atoms with Crippen LogP contribution in [0.15, 0.2) is 29.2 Å². The Morgan fingerprint density at radius 1 is 1.40 bits per heavy atom. The number of benzene rings is 1. The first-order valence-corrected chi connectivity index (χ1v) is 6.78. The molecule has 0 heterocycles. The molecule has 3 nitrogen and oxygen atoms in total. The lowest BCUT2D eigenvalue weighted by atomic mass is 10.0. The van der Waals surface area contributed by atoms with Crippen molar-refractivity contribution >= 4 is 22.7 Å². The van der Waals surface area contributed by atoms with Crippen LogP contribution in [-0.2, 0) is 10.0 Å². The Bertz CT molecular complexity index is 429. The first kappa shape index (κ1) is 12.5. The Labute approximate surface area is 96.4 Å². The van der Waals surface area contributed by atoms with E-state index in [1.807, 2.05) is 19.1 Å². The van der Waals surface area contributed by atoms with Gasteiger partial charge in [0.25, 0.3) is 0 Å². The van der Waals surface area contributed by atoms with Gasteiger partial charge in [0.1, 0.15) is 0 Å². The fourth-order valence-electron chi connectivity index (χ4n) is 1.34. The van der Waals surface area contributed by atoms with Gasteiger partial charge in [-0.05, 0) is 30.3 Å². The molecule has 0 aliphatic rings. The van der Waals surface area contributed by atoms with Gasteiger partial charge in [-0.2, -0.15) is 12.6 Å². The first-order valence-electron chi connectivity index (χ1n) is 4.66. The average molecular weight is 245 g/mol. The highest BCUT2D eigenvalue weighted by atomic mass is 32.2. The van der Waals surface area contributed by atoms with Gasteiger partial charge >= 0.3 is 0 Å². The molecule has 84 valence electrons. The maximum atomic E-state index is 11.7. The molecule has 5 heteroatoms. The summed E-state index contributed by atoms with van der Waals surface area (Å²) in [5.41, 5.74) is 0.807. The highest BCUT2D eigenvalue weighted by Crippen LogP contribution is 2.24. The van der Waals surface area contributed by atoms with Crippen molar-refractivity contribution < 1.29 is 8.42 Å². The molecule has 15 heavy (non-hydrogen) atoms. The zero-order chi connectivity index (χ0) is 11.5. The van der Waals surface area contributed by atoms with Gasteiger partial charge in [0, 0.05) is 0 Å². The molecule has 0 spiro atoms. The lowest BCUT2D eigenvalue weighted by Crippen LogP contribution is -2.20. The van der Waals surface area contributed by atoms with Gasteiger partial charge < -0.3 is 0 Å². The topological polar surface area (TPSA) is 46.2 Å². The molecule has 1 aromatic carbocycles. The Kier molecular flexibility index (Phi) is 4.19. The van der Waals surface area contributed by atoms with E-state index >= 15 is 0 Å². The van der Waals surface area contributed by atoms with E-state index in [0.717, 1.165) is 5.56 Å². The summed E-state index contributed by atoms with van der Waals surface area (Å²) in [4.78, 5) is 0.342. The van der Waals surface area contributed by atoms with Crippen LogP contribution in [0.3, 0.4) is 0 Å². The molecule has 0 aromatic heterocycles. The number of sulfonamides is 1. The molecule has 0 radical (unpaired) electrons. The summed E-state index contributed by atoms with van der Waals surface area (Å²) in [7, 11) is -1.95. The van der Waals surface area contributed by atoms with Gasteiger partial charge in [0.2, 0.25) is 10.0 Å². The SMILES string of the molecule is CNS(=O)(=O)c1ccccc1[C@@H](C)CS. The molecular formula is C10H15NO2S2. The number of hydrogen-bond donors (Lipinski definition) is 2. The minimum Gasteiger partial charge on any atom is -0.214 e. The minimum absolute atomic E-state index is 0.118. The Morgan fingerprint density at radius 3 is 2.53 bits per heavy atom. The van der Waals surface area contributed by atoms with Gasteiger partial charge in [0.15, 0.2) is 0 Å². The van der Waals surface area contributed by atoms with E-state index in [9.17, 15) is 8.42 Å². The number of nitrogens with one attached hydrogen (secondary N) is 1. The maximum Gasteiger partial charge on any atom is 0.240 e. The largest absolute Gasteiger partial charge is 0.240 e. The van der Waals surface area contributed by atoms with Crippen LogP contribution in [0.4, 0.5) is 0 Å². The van der Waals surface area contributed by atoms with Crippen LogP contribution in [0.2, 0.25) is 0 Å². The molecule has 0 aliphatic heterocycles. The second-order valence-electron chi connectivity index (χ2n) is 3.33. The molecule has 0 amide bonds. The summed E-state index contributed by atoms with van der Waals surface area (Å²) in [6.45, 7) is 1.96. The van der Waals surface area contributed by atoms with Crippen LogP contribution in [0.5, 0.6) is 0 Å². The fraction of sp³-hybridized carbons (Fsp3) is 0.400. The molecule has 1 N–H and O–H groups in total. The van der Waals surface area contributed by atoms with E-state index < -0.39 is 10.0 Å². The van der Waals surface area contributed by atoms with Crippen LogP contribution < -0.4 is 4.72 Å². The first-order chi connectivity index (χ1) is 7.03. The zero-order valence-corrected chi connectivity index (χ0v) is 10.5. The third kappa shape index (κ3) is 2.74. The van der Waals surface area contributed by atoms with E-state index in [1.54, 1.807) is 12.1 Å². The summed E-state index contributed by atoms with van der Waals surface area (Å²) >= 11 is 4.18. The van der Waals surface area contributed by atoms with Crippen LogP contribution >= 0.6 is 12.6 Å². The van der Waals surface area contributed by atoms with E-state index in [1.165, 1.54) is 7.05 Å². The van der Waals surface area contributed by atoms with Crippen molar-refractivity contribution in [2.75, 3.05) is 12.8 Å². The van der Waals surface area contributed by atoms with E-state index in [4.69, 9.17) is 0 Å². The lowest BCUT2D eigenvalue weighted by molar-refractivity contribution is 0.586. The quantitative estimate of drug-likeness (QED) is 0.792. The monoisotopic (exact) mass is 245 g/mol. The zero-order valence-electron chi connectivity index (χ0n) is 8.77. The predicted molar refractivity (Wildman–Crippen MR) is 65.0 cm³/mol. The summed E-state index contributed by atoms with van der Waals surface area (Å²) < 4.78 is 25.7.